The predicted molar refractivity (Wildman–Crippen MR) is 80.5 cm³/mol. The average molecular weight is 324 g/mol. The zero-order valence-electron chi connectivity index (χ0n) is 13.0. The molecule has 2 N–H and O–H groups in total. The number of halogens is 1. The van der Waals surface area contributed by atoms with Gasteiger partial charge in [0.1, 0.15) is 5.60 Å². The van der Waals surface area contributed by atoms with Crippen molar-refractivity contribution in [1.82, 2.24) is 5.32 Å². The summed E-state index contributed by atoms with van der Waals surface area (Å²) in [5.74, 6) is 3.04. The van der Waals surface area contributed by atoms with Gasteiger partial charge in [0.2, 0.25) is 5.75 Å². The second-order valence-corrected chi connectivity index (χ2v) is 5.56. The fourth-order valence-electron chi connectivity index (χ4n) is 1.50. The number of rotatable bonds is 3. The summed E-state index contributed by atoms with van der Waals surface area (Å²) in [6.45, 7) is 5.42. The molecule has 0 aliphatic heterocycles. The van der Waals surface area contributed by atoms with Crippen LogP contribution in [0.2, 0.25) is 0 Å². The van der Waals surface area contributed by atoms with E-state index in [1.807, 2.05) is 0 Å². The molecule has 8 heteroatoms. The number of nitrogens with one attached hydrogen (secondary N) is 1. The van der Waals surface area contributed by atoms with Gasteiger partial charge in [0.25, 0.3) is 0 Å². The predicted octanol–water partition coefficient (Wildman–Crippen LogP) is 2.71. The molecule has 1 aromatic carbocycles. The van der Waals surface area contributed by atoms with Crippen molar-refractivity contribution in [2.75, 3.05) is 6.54 Å². The Kier molecular flexibility index (Phi) is 5.90. The zero-order valence-corrected chi connectivity index (χ0v) is 13.0. The van der Waals surface area contributed by atoms with E-state index in [4.69, 9.17) is 4.74 Å². The highest BCUT2D eigenvalue weighted by Crippen LogP contribution is 2.29. The lowest BCUT2D eigenvalue weighted by Gasteiger charge is -2.19. The van der Waals surface area contributed by atoms with E-state index < -0.39 is 33.9 Å². The number of hydrogen-bond donors (Lipinski definition) is 2. The molecule has 0 spiro atoms. The molecule has 0 saturated heterocycles. The van der Waals surface area contributed by atoms with E-state index in [0.717, 1.165) is 12.1 Å². The van der Waals surface area contributed by atoms with Crippen LogP contribution in [0.4, 0.5) is 14.9 Å². The SMILES string of the molecule is CC(C)(C)OC(=O)NCCC#Cc1cc(F)c(O)c([N+](=O)[O-])c1. The molecule has 0 aliphatic carbocycles. The van der Waals surface area contributed by atoms with Gasteiger partial charge in [-0.1, -0.05) is 11.8 Å². The van der Waals surface area contributed by atoms with E-state index >= 15 is 0 Å². The first-order chi connectivity index (χ1) is 10.6. The number of carbonyl (C=O) groups is 1. The normalized spacial score (nSPS) is 10.4. The minimum absolute atomic E-state index is 0.0595. The number of phenols is 1. The number of carbonyl (C=O) groups excluding carboxylic acids is 1. The Balaban J connectivity index is 2.61. The van der Waals surface area contributed by atoms with Crippen LogP contribution < -0.4 is 5.32 Å². The highest BCUT2D eigenvalue weighted by Gasteiger charge is 2.18. The van der Waals surface area contributed by atoms with Crippen molar-refractivity contribution >= 4 is 11.8 Å². The van der Waals surface area contributed by atoms with Crippen LogP contribution in [-0.4, -0.2) is 28.3 Å². The zero-order chi connectivity index (χ0) is 17.6. The first-order valence-electron chi connectivity index (χ1n) is 6.73. The quantitative estimate of drug-likeness (QED) is 0.385. The van der Waals surface area contributed by atoms with E-state index in [0.29, 0.717) is 0 Å². The van der Waals surface area contributed by atoms with Gasteiger partial charge in [-0.2, -0.15) is 0 Å². The van der Waals surface area contributed by atoms with Crippen LogP contribution in [0.15, 0.2) is 12.1 Å². The molecular weight excluding hydrogens is 307 g/mol. The van der Waals surface area contributed by atoms with Gasteiger partial charge in [0.15, 0.2) is 5.82 Å². The Morgan fingerprint density at radius 1 is 1.48 bits per heavy atom. The van der Waals surface area contributed by atoms with E-state index in [-0.39, 0.29) is 18.5 Å². The second-order valence-electron chi connectivity index (χ2n) is 5.56. The van der Waals surface area contributed by atoms with Gasteiger partial charge in [-0.3, -0.25) is 10.1 Å². The summed E-state index contributed by atoms with van der Waals surface area (Å²) in [7, 11) is 0. The van der Waals surface area contributed by atoms with Gasteiger partial charge < -0.3 is 15.2 Å². The number of benzene rings is 1. The first-order valence-corrected chi connectivity index (χ1v) is 6.73. The van der Waals surface area contributed by atoms with Crippen LogP contribution in [0, 0.1) is 27.8 Å². The van der Waals surface area contributed by atoms with Crippen molar-refractivity contribution in [3.63, 3.8) is 0 Å². The van der Waals surface area contributed by atoms with E-state index in [1.165, 1.54) is 0 Å². The summed E-state index contributed by atoms with van der Waals surface area (Å²) >= 11 is 0. The lowest BCUT2D eigenvalue weighted by molar-refractivity contribution is -0.386. The first kappa shape index (κ1) is 18.2. The average Bonchev–Trinajstić information content (AvgIpc) is 2.39. The highest BCUT2D eigenvalue weighted by molar-refractivity contribution is 5.67. The van der Waals surface area contributed by atoms with Gasteiger partial charge in [0, 0.05) is 24.6 Å². The van der Waals surface area contributed by atoms with Gasteiger partial charge in [0.05, 0.1) is 4.92 Å². The number of aromatic hydroxyl groups is 1. The molecule has 1 aromatic rings. The van der Waals surface area contributed by atoms with Gasteiger partial charge in [-0.25, -0.2) is 9.18 Å². The molecule has 1 rings (SSSR count). The van der Waals surface area contributed by atoms with Crippen molar-refractivity contribution in [2.24, 2.45) is 0 Å². The number of phenolic OH excluding ortho intramolecular Hbond substituents is 1. The monoisotopic (exact) mass is 324 g/mol. The molecule has 0 aliphatic rings. The maximum absolute atomic E-state index is 13.3. The number of hydrogen-bond acceptors (Lipinski definition) is 5. The van der Waals surface area contributed by atoms with Crippen molar-refractivity contribution in [3.8, 4) is 17.6 Å². The molecular formula is C15H17FN2O5. The van der Waals surface area contributed by atoms with Crippen LogP contribution in [-0.2, 0) is 4.74 Å². The Morgan fingerprint density at radius 3 is 2.70 bits per heavy atom. The number of nitro groups is 1. The molecule has 23 heavy (non-hydrogen) atoms. The topological polar surface area (TPSA) is 102 Å². The van der Waals surface area contributed by atoms with Crippen LogP contribution in [0.3, 0.4) is 0 Å². The second kappa shape index (κ2) is 7.45. The molecule has 124 valence electrons. The smallest absolute Gasteiger partial charge is 0.407 e. The summed E-state index contributed by atoms with van der Waals surface area (Å²) < 4.78 is 18.4. The summed E-state index contributed by atoms with van der Waals surface area (Å²) in [6, 6.07) is 1.88. The fourth-order valence-corrected chi connectivity index (χ4v) is 1.50. The molecule has 0 atom stereocenters. The Labute approximate surface area is 132 Å². The summed E-state index contributed by atoms with van der Waals surface area (Å²) in [5.41, 5.74) is -1.29. The van der Waals surface area contributed by atoms with Gasteiger partial charge >= 0.3 is 11.8 Å². The summed E-state index contributed by atoms with van der Waals surface area (Å²) in [4.78, 5) is 21.1. The van der Waals surface area contributed by atoms with E-state index in [9.17, 15) is 24.4 Å². The third-order valence-corrected chi connectivity index (χ3v) is 2.39. The number of ether oxygens (including phenoxy) is 1. The van der Waals surface area contributed by atoms with E-state index in [2.05, 4.69) is 17.2 Å². The number of alkyl carbamates (subject to hydrolysis) is 1. The van der Waals surface area contributed by atoms with Crippen molar-refractivity contribution in [3.05, 3.63) is 33.6 Å². The lowest BCUT2D eigenvalue weighted by atomic mass is 10.2. The summed E-state index contributed by atoms with van der Waals surface area (Å²) in [5, 5.41) is 22.4. The molecule has 7 nitrogen and oxygen atoms in total. The number of amides is 1. The summed E-state index contributed by atoms with van der Waals surface area (Å²) in [6.07, 6.45) is -0.333. The molecule has 0 radical (unpaired) electrons. The van der Waals surface area contributed by atoms with Crippen LogP contribution >= 0.6 is 0 Å². The minimum Gasteiger partial charge on any atom is -0.500 e. The largest absolute Gasteiger partial charge is 0.500 e. The molecule has 0 unspecified atom stereocenters. The van der Waals surface area contributed by atoms with Crippen LogP contribution in [0.1, 0.15) is 32.8 Å². The van der Waals surface area contributed by atoms with Crippen LogP contribution in [0.25, 0.3) is 0 Å². The van der Waals surface area contributed by atoms with Crippen molar-refractivity contribution in [2.45, 2.75) is 32.8 Å². The maximum atomic E-state index is 13.3. The van der Waals surface area contributed by atoms with E-state index in [1.54, 1.807) is 20.8 Å². The number of nitrogens with zero attached hydrogens (tertiary/aromatic N) is 1. The Hall–Kier alpha value is -2.82. The Bertz CT molecular complexity index is 671. The van der Waals surface area contributed by atoms with Crippen LogP contribution in [0.5, 0.6) is 5.75 Å². The molecule has 0 bridgehead atoms. The molecule has 0 aromatic heterocycles. The van der Waals surface area contributed by atoms with Gasteiger partial charge in [-0.15, -0.1) is 0 Å². The molecule has 0 saturated carbocycles. The third-order valence-electron chi connectivity index (χ3n) is 2.39. The fraction of sp³-hybridized carbons (Fsp3) is 0.400. The molecule has 0 heterocycles. The standard InChI is InChI=1S/C15H17FN2O5/c1-15(2,3)23-14(20)17-7-5-4-6-10-8-11(16)13(19)12(9-10)18(21)22/h8-9,19H,5,7H2,1-3H3,(H,17,20). The lowest BCUT2D eigenvalue weighted by Crippen LogP contribution is -2.32. The molecule has 1 amide bonds. The maximum Gasteiger partial charge on any atom is 0.407 e. The minimum atomic E-state index is -1.12. The third kappa shape index (κ3) is 6.22. The highest BCUT2D eigenvalue weighted by atomic mass is 19.1. The molecule has 0 fully saturated rings. The van der Waals surface area contributed by atoms with Crippen molar-refractivity contribution in [1.29, 1.82) is 0 Å². The number of nitro benzene ring substituents is 1. The Morgan fingerprint density at radius 2 is 2.13 bits per heavy atom. The van der Waals surface area contributed by atoms with Crippen molar-refractivity contribution < 1.29 is 24.0 Å². The van der Waals surface area contributed by atoms with Gasteiger partial charge in [-0.05, 0) is 26.8 Å².